The fourth-order valence-electron chi connectivity index (χ4n) is 1.30. The first kappa shape index (κ1) is 13.0. The molecule has 1 rings (SSSR count). The van der Waals surface area contributed by atoms with Crippen LogP contribution in [-0.2, 0) is 16.1 Å². The Balaban J connectivity index is 2.66. The van der Waals surface area contributed by atoms with Gasteiger partial charge in [-0.1, -0.05) is 11.6 Å². The van der Waals surface area contributed by atoms with E-state index in [2.05, 4.69) is 10.4 Å². The molecule has 0 spiro atoms. The van der Waals surface area contributed by atoms with Gasteiger partial charge >= 0.3 is 5.97 Å². The molecule has 0 amide bonds. The van der Waals surface area contributed by atoms with E-state index < -0.39 is 6.04 Å². The van der Waals surface area contributed by atoms with Gasteiger partial charge in [-0.15, -0.1) is 0 Å². The molecule has 0 saturated heterocycles. The number of nitrogens with one attached hydrogen (secondary N) is 1. The van der Waals surface area contributed by atoms with Crippen molar-refractivity contribution >= 4 is 17.6 Å². The molecule has 5 nitrogen and oxygen atoms in total. The average molecular weight is 246 g/mol. The van der Waals surface area contributed by atoms with E-state index in [1.54, 1.807) is 24.9 Å². The summed E-state index contributed by atoms with van der Waals surface area (Å²) in [6, 6.07) is -0.407. The van der Waals surface area contributed by atoms with Crippen molar-refractivity contribution < 1.29 is 9.53 Å². The van der Waals surface area contributed by atoms with Gasteiger partial charge in [0.15, 0.2) is 0 Å². The molecule has 1 heterocycles. The highest BCUT2D eigenvalue weighted by atomic mass is 35.5. The lowest BCUT2D eigenvalue weighted by molar-refractivity contribution is -0.145. The molecule has 1 aromatic heterocycles. The lowest BCUT2D eigenvalue weighted by Crippen LogP contribution is -2.39. The van der Waals surface area contributed by atoms with E-state index in [4.69, 9.17) is 16.3 Å². The summed E-state index contributed by atoms with van der Waals surface area (Å²) in [6.07, 6.45) is 1.69. The number of aryl methyl sites for hydroxylation is 1. The normalized spacial score (nSPS) is 12.5. The number of ether oxygens (including phenoxy) is 1. The highest BCUT2D eigenvalue weighted by molar-refractivity contribution is 6.31. The van der Waals surface area contributed by atoms with Crippen LogP contribution in [0, 0.1) is 6.92 Å². The van der Waals surface area contributed by atoms with Crippen molar-refractivity contribution in [3.63, 3.8) is 0 Å². The Morgan fingerprint density at radius 2 is 2.44 bits per heavy atom. The third-order valence-electron chi connectivity index (χ3n) is 2.18. The van der Waals surface area contributed by atoms with Crippen molar-refractivity contribution in [2.45, 2.75) is 26.4 Å². The Bertz CT molecular complexity index is 345. The Labute approximate surface area is 99.7 Å². The number of halogens is 1. The van der Waals surface area contributed by atoms with E-state index in [1.165, 1.54) is 0 Å². The molecule has 90 valence electrons. The van der Waals surface area contributed by atoms with Crippen molar-refractivity contribution in [3.8, 4) is 0 Å². The minimum atomic E-state index is -0.407. The summed E-state index contributed by atoms with van der Waals surface area (Å²) < 4.78 is 6.56. The summed E-state index contributed by atoms with van der Waals surface area (Å²) in [6.45, 7) is 4.37. The molecule has 0 aliphatic carbocycles. The molecule has 1 unspecified atom stereocenters. The van der Waals surface area contributed by atoms with Crippen molar-refractivity contribution in [2.75, 3.05) is 13.7 Å². The first-order valence-corrected chi connectivity index (χ1v) is 5.49. The number of hydrogen-bond acceptors (Lipinski definition) is 4. The van der Waals surface area contributed by atoms with Crippen LogP contribution in [0.4, 0.5) is 0 Å². The molecule has 0 fully saturated rings. The van der Waals surface area contributed by atoms with Gasteiger partial charge in [0, 0.05) is 6.20 Å². The van der Waals surface area contributed by atoms with Crippen LogP contribution < -0.4 is 5.32 Å². The van der Waals surface area contributed by atoms with Crippen LogP contribution in [0.3, 0.4) is 0 Å². The number of hydrogen-bond donors (Lipinski definition) is 1. The Morgan fingerprint density at radius 3 is 2.88 bits per heavy atom. The topological polar surface area (TPSA) is 56.2 Å². The van der Waals surface area contributed by atoms with Crippen molar-refractivity contribution in [3.05, 3.63) is 16.9 Å². The SMILES string of the molecule is CCOC(=O)C(Cn1cc(Cl)c(C)n1)NC. The summed E-state index contributed by atoms with van der Waals surface area (Å²) in [5, 5.41) is 7.66. The van der Waals surface area contributed by atoms with Crippen LogP contribution >= 0.6 is 11.6 Å². The number of likely N-dealkylation sites (N-methyl/N-ethyl adjacent to an activating group) is 1. The van der Waals surface area contributed by atoms with Crippen LogP contribution in [0.15, 0.2) is 6.20 Å². The Kier molecular flexibility index (Phi) is 4.76. The van der Waals surface area contributed by atoms with Crippen molar-refractivity contribution in [1.82, 2.24) is 15.1 Å². The highest BCUT2D eigenvalue weighted by Gasteiger charge is 2.18. The first-order valence-electron chi connectivity index (χ1n) is 5.12. The van der Waals surface area contributed by atoms with Gasteiger partial charge in [-0.3, -0.25) is 9.48 Å². The number of rotatable bonds is 5. The van der Waals surface area contributed by atoms with Crippen molar-refractivity contribution in [2.24, 2.45) is 0 Å². The average Bonchev–Trinajstić information content (AvgIpc) is 2.55. The zero-order chi connectivity index (χ0) is 12.1. The van der Waals surface area contributed by atoms with Crippen LogP contribution in [0.5, 0.6) is 0 Å². The maximum Gasteiger partial charge on any atom is 0.325 e. The van der Waals surface area contributed by atoms with E-state index >= 15 is 0 Å². The zero-order valence-electron chi connectivity index (χ0n) is 9.66. The molecule has 0 saturated carbocycles. The summed E-state index contributed by atoms with van der Waals surface area (Å²) in [5.41, 5.74) is 0.750. The summed E-state index contributed by atoms with van der Waals surface area (Å²) in [5.74, 6) is -0.283. The third kappa shape index (κ3) is 3.21. The molecule has 0 radical (unpaired) electrons. The molecule has 6 heteroatoms. The quantitative estimate of drug-likeness (QED) is 0.787. The van der Waals surface area contributed by atoms with Gasteiger partial charge < -0.3 is 10.1 Å². The van der Waals surface area contributed by atoms with E-state index in [1.807, 2.05) is 6.92 Å². The van der Waals surface area contributed by atoms with Crippen LogP contribution in [0.2, 0.25) is 5.02 Å². The minimum absolute atomic E-state index is 0.283. The monoisotopic (exact) mass is 245 g/mol. The maximum atomic E-state index is 11.5. The largest absolute Gasteiger partial charge is 0.465 e. The van der Waals surface area contributed by atoms with Crippen LogP contribution in [-0.4, -0.2) is 35.4 Å². The second-order valence-electron chi connectivity index (χ2n) is 3.38. The number of carbonyl (C=O) groups excluding carboxylic acids is 1. The summed E-state index contributed by atoms with van der Waals surface area (Å²) >= 11 is 5.88. The second-order valence-corrected chi connectivity index (χ2v) is 3.78. The Hall–Kier alpha value is -1.07. The zero-order valence-corrected chi connectivity index (χ0v) is 10.4. The Morgan fingerprint density at radius 1 is 1.75 bits per heavy atom. The summed E-state index contributed by atoms with van der Waals surface area (Å²) in [7, 11) is 1.71. The predicted molar refractivity (Wildman–Crippen MR) is 61.5 cm³/mol. The van der Waals surface area contributed by atoms with Gasteiger partial charge in [0.25, 0.3) is 0 Å². The molecule has 0 aliphatic rings. The standard InChI is InChI=1S/C10H16ClN3O2/c1-4-16-10(15)9(12-3)6-14-5-8(11)7(2)13-14/h5,9,12H,4,6H2,1-3H3. The number of aromatic nitrogens is 2. The smallest absolute Gasteiger partial charge is 0.325 e. The number of esters is 1. The van der Waals surface area contributed by atoms with Crippen LogP contribution in [0.1, 0.15) is 12.6 Å². The van der Waals surface area contributed by atoms with Gasteiger partial charge in [-0.2, -0.15) is 5.10 Å². The number of nitrogens with zero attached hydrogens (tertiary/aromatic N) is 2. The van der Waals surface area contributed by atoms with E-state index in [0.29, 0.717) is 18.2 Å². The van der Waals surface area contributed by atoms with E-state index in [0.717, 1.165) is 5.69 Å². The molecule has 1 N–H and O–H groups in total. The first-order chi connectivity index (χ1) is 7.58. The van der Waals surface area contributed by atoms with E-state index in [9.17, 15) is 4.79 Å². The molecule has 16 heavy (non-hydrogen) atoms. The van der Waals surface area contributed by atoms with Gasteiger partial charge in [0.1, 0.15) is 6.04 Å². The van der Waals surface area contributed by atoms with Gasteiger partial charge in [0.05, 0.1) is 23.9 Å². The highest BCUT2D eigenvalue weighted by Crippen LogP contribution is 2.12. The van der Waals surface area contributed by atoms with Gasteiger partial charge in [0.2, 0.25) is 0 Å². The molecular weight excluding hydrogens is 230 g/mol. The maximum absolute atomic E-state index is 11.5. The lowest BCUT2D eigenvalue weighted by atomic mass is 10.3. The fourth-order valence-corrected chi connectivity index (χ4v) is 1.45. The van der Waals surface area contributed by atoms with Gasteiger partial charge in [-0.05, 0) is 20.9 Å². The van der Waals surface area contributed by atoms with E-state index in [-0.39, 0.29) is 5.97 Å². The second kappa shape index (κ2) is 5.86. The molecule has 1 aromatic rings. The van der Waals surface area contributed by atoms with Gasteiger partial charge in [-0.25, -0.2) is 0 Å². The molecular formula is C10H16ClN3O2. The molecule has 0 aliphatic heterocycles. The number of carbonyl (C=O) groups is 1. The minimum Gasteiger partial charge on any atom is -0.465 e. The molecule has 1 atom stereocenters. The summed E-state index contributed by atoms with van der Waals surface area (Å²) in [4.78, 5) is 11.5. The third-order valence-corrected chi connectivity index (χ3v) is 2.55. The van der Waals surface area contributed by atoms with Crippen LogP contribution in [0.25, 0.3) is 0 Å². The van der Waals surface area contributed by atoms with Crippen molar-refractivity contribution in [1.29, 1.82) is 0 Å². The fraction of sp³-hybridized carbons (Fsp3) is 0.600. The molecule has 0 aromatic carbocycles. The lowest BCUT2D eigenvalue weighted by Gasteiger charge is -2.14. The predicted octanol–water partition coefficient (Wildman–Crippen LogP) is 0.996. The molecule has 0 bridgehead atoms.